The average molecular weight is 342 g/mol. The molecule has 0 aromatic heterocycles. The van der Waals surface area contributed by atoms with Gasteiger partial charge in [0.25, 0.3) is 5.69 Å². The van der Waals surface area contributed by atoms with Crippen LogP contribution in [0.1, 0.15) is 24.5 Å². The molecule has 0 bridgehead atoms. The van der Waals surface area contributed by atoms with Crippen molar-refractivity contribution in [3.8, 4) is 0 Å². The molecule has 0 fully saturated rings. The topological polar surface area (TPSA) is 81.5 Å². The van der Waals surface area contributed by atoms with Gasteiger partial charge in [-0.15, -0.1) is 0 Å². The van der Waals surface area contributed by atoms with Crippen molar-refractivity contribution in [3.63, 3.8) is 0 Å². The molecule has 0 spiro atoms. The van der Waals surface area contributed by atoms with Gasteiger partial charge in [-0.25, -0.2) is 0 Å². The van der Waals surface area contributed by atoms with Gasteiger partial charge in [-0.3, -0.25) is 14.9 Å². The second kappa shape index (κ2) is 8.39. The Morgan fingerprint density at radius 3 is 2.32 bits per heavy atom. The van der Waals surface area contributed by atoms with E-state index in [1.54, 1.807) is 19.2 Å². The Labute approximate surface area is 147 Å². The van der Waals surface area contributed by atoms with Gasteiger partial charge in [0.1, 0.15) is 5.60 Å². The molecule has 0 heterocycles. The Hall–Kier alpha value is -2.73. The molecule has 2 aromatic rings. The van der Waals surface area contributed by atoms with Crippen LogP contribution in [0.5, 0.6) is 0 Å². The minimum Gasteiger partial charge on any atom is -0.372 e. The van der Waals surface area contributed by atoms with E-state index in [2.05, 4.69) is 5.32 Å². The number of nitro groups is 1. The van der Waals surface area contributed by atoms with E-state index in [0.717, 1.165) is 11.1 Å². The van der Waals surface area contributed by atoms with Crippen LogP contribution < -0.4 is 5.32 Å². The lowest BCUT2D eigenvalue weighted by molar-refractivity contribution is -0.384. The lowest BCUT2D eigenvalue weighted by Crippen LogP contribution is -2.42. The number of carbonyl (C=O) groups is 1. The van der Waals surface area contributed by atoms with Crippen molar-refractivity contribution in [3.05, 3.63) is 75.8 Å². The highest BCUT2D eigenvalue weighted by molar-refractivity contribution is 5.78. The molecule has 0 aliphatic heterocycles. The van der Waals surface area contributed by atoms with Crippen LogP contribution in [0.15, 0.2) is 54.6 Å². The van der Waals surface area contributed by atoms with Crippen molar-refractivity contribution in [2.24, 2.45) is 0 Å². The summed E-state index contributed by atoms with van der Waals surface area (Å²) in [6, 6.07) is 15.8. The normalized spacial score (nSPS) is 13.0. The minimum absolute atomic E-state index is 0.0117. The van der Waals surface area contributed by atoms with E-state index in [-0.39, 0.29) is 18.0 Å². The van der Waals surface area contributed by atoms with Gasteiger partial charge in [0.05, 0.1) is 17.9 Å². The number of hydrogen-bond donors (Lipinski definition) is 1. The number of rotatable bonds is 8. The maximum atomic E-state index is 12.2. The molecule has 0 radical (unpaired) electrons. The zero-order valence-electron chi connectivity index (χ0n) is 14.4. The molecule has 2 rings (SSSR count). The molecule has 1 N–H and O–H groups in total. The van der Waals surface area contributed by atoms with Gasteiger partial charge in [-0.05, 0) is 17.5 Å². The summed E-state index contributed by atoms with van der Waals surface area (Å²) in [6.07, 6.45) is 0.877. The highest BCUT2D eigenvalue weighted by atomic mass is 16.6. The zero-order valence-corrected chi connectivity index (χ0v) is 14.4. The first-order valence-electron chi connectivity index (χ1n) is 8.11. The van der Waals surface area contributed by atoms with Crippen molar-refractivity contribution >= 4 is 11.6 Å². The van der Waals surface area contributed by atoms with E-state index in [0.29, 0.717) is 13.0 Å². The van der Waals surface area contributed by atoms with E-state index in [1.807, 2.05) is 37.3 Å². The maximum Gasteiger partial charge on any atom is 0.269 e. The molecule has 1 unspecified atom stereocenters. The molecular weight excluding hydrogens is 320 g/mol. The Morgan fingerprint density at radius 2 is 1.80 bits per heavy atom. The van der Waals surface area contributed by atoms with E-state index in [9.17, 15) is 14.9 Å². The first-order chi connectivity index (χ1) is 12.0. The molecule has 2 aromatic carbocycles. The Kier molecular flexibility index (Phi) is 6.25. The van der Waals surface area contributed by atoms with Crippen LogP contribution in [0.25, 0.3) is 0 Å². The molecule has 0 aliphatic carbocycles. The Balaban J connectivity index is 2.00. The predicted octanol–water partition coefficient (Wildman–Crippen LogP) is 3.21. The Bertz CT molecular complexity index is 710. The van der Waals surface area contributed by atoms with E-state index in [1.165, 1.54) is 12.1 Å². The van der Waals surface area contributed by atoms with Crippen molar-refractivity contribution in [1.29, 1.82) is 0 Å². The highest BCUT2D eigenvalue weighted by Crippen LogP contribution is 2.28. The predicted molar refractivity (Wildman–Crippen MR) is 95.2 cm³/mol. The number of hydrogen-bond acceptors (Lipinski definition) is 4. The lowest BCUT2D eigenvalue weighted by atomic mass is 9.90. The van der Waals surface area contributed by atoms with Crippen LogP contribution in [-0.4, -0.2) is 24.5 Å². The van der Waals surface area contributed by atoms with Crippen LogP contribution in [0.2, 0.25) is 0 Å². The molecule has 25 heavy (non-hydrogen) atoms. The summed E-state index contributed by atoms with van der Waals surface area (Å²) < 4.78 is 5.73. The highest BCUT2D eigenvalue weighted by Gasteiger charge is 2.30. The number of non-ortho nitro benzene ring substituents is 1. The molecule has 0 aliphatic rings. The van der Waals surface area contributed by atoms with Gasteiger partial charge < -0.3 is 10.1 Å². The summed E-state index contributed by atoms with van der Waals surface area (Å²) in [5.74, 6) is -0.153. The van der Waals surface area contributed by atoms with Crippen molar-refractivity contribution in [2.45, 2.75) is 25.4 Å². The average Bonchev–Trinajstić information content (AvgIpc) is 2.64. The van der Waals surface area contributed by atoms with Gasteiger partial charge in [-0.2, -0.15) is 0 Å². The summed E-state index contributed by atoms with van der Waals surface area (Å²) in [7, 11) is 1.64. The fourth-order valence-electron chi connectivity index (χ4n) is 2.73. The van der Waals surface area contributed by atoms with Gasteiger partial charge in [0.15, 0.2) is 0 Å². The lowest BCUT2D eigenvalue weighted by Gasteiger charge is -2.32. The Morgan fingerprint density at radius 1 is 1.16 bits per heavy atom. The van der Waals surface area contributed by atoms with Crippen molar-refractivity contribution < 1.29 is 14.5 Å². The van der Waals surface area contributed by atoms with Crippen LogP contribution in [0.4, 0.5) is 5.69 Å². The second-order valence-corrected chi connectivity index (χ2v) is 5.80. The number of nitrogens with one attached hydrogen (secondary N) is 1. The quantitative estimate of drug-likeness (QED) is 0.590. The van der Waals surface area contributed by atoms with E-state index < -0.39 is 10.5 Å². The molecule has 132 valence electrons. The third-order valence-corrected chi connectivity index (χ3v) is 4.34. The zero-order chi connectivity index (χ0) is 18.3. The molecule has 0 saturated carbocycles. The summed E-state index contributed by atoms with van der Waals surface area (Å²) in [5, 5.41) is 13.6. The number of methoxy groups -OCH3 is 1. The summed E-state index contributed by atoms with van der Waals surface area (Å²) in [4.78, 5) is 22.4. The fraction of sp³-hybridized carbons (Fsp3) is 0.316. The van der Waals surface area contributed by atoms with Crippen LogP contribution in [0, 0.1) is 10.1 Å². The van der Waals surface area contributed by atoms with Crippen LogP contribution >= 0.6 is 0 Å². The third kappa shape index (κ3) is 4.64. The van der Waals surface area contributed by atoms with Crippen LogP contribution in [-0.2, 0) is 21.6 Å². The number of ether oxygens (including phenoxy) is 1. The fourth-order valence-corrected chi connectivity index (χ4v) is 2.73. The molecule has 1 atom stereocenters. The number of amides is 1. The molecular formula is C19H22N2O4. The summed E-state index contributed by atoms with van der Waals surface area (Å²) in [6.45, 7) is 2.37. The molecule has 0 saturated heterocycles. The number of nitro benzene ring substituents is 1. The monoisotopic (exact) mass is 342 g/mol. The number of benzene rings is 2. The largest absolute Gasteiger partial charge is 0.372 e. The van der Waals surface area contributed by atoms with Crippen molar-refractivity contribution in [1.82, 2.24) is 5.32 Å². The second-order valence-electron chi connectivity index (χ2n) is 5.80. The van der Waals surface area contributed by atoms with E-state index >= 15 is 0 Å². The standard InChI is InChI=1S/C19H22N2O4/c1-3-19(25-2,16-7-5-4-6-8-16)14-20-18(22)13-15-9-11-17(12-10-15)21(23)24/h4-12H,3,13-14H2,1-2H3,(H,20,22). The van der Waals surface area contributed by atoms with E-state index in [4.69, 9.17) is 4.74 Å². The van der Waals surface area contributed by atoms with Crippen LogP contribution in [0.3, 0.4) is 0 Å². The molecule has 6 heteroatoms. The van der Waals surface area contributed by atoms with Gasteiger partial charge in [0, 0.05) is 19.2 Å². The third-order valence-electron chi connectivity index (χ3n) is 4.34. The van der Waals surface area contributed by atoms with Gasteiger partial charge >= 0.3 is 0 Å². The SMILES string of the molecule is CCC(CNC(=O)Cc1ccc([N+](=O)[O-])cc1)(OC)c1ccccc1. The van der Waals surface area contributed by atoms with Crippen molar-refractivity contribution in [2.75, 3.05) is 13.7 Å². The van der Waals surface area contributed by atoms with Gasteiger partial charge in [0.2, 0.25) is 5.91 Å². The molecule has 1 amide bonds. The first-order valence-corrected chi connectivity index (χ1v) is 8.11. The molecule has 6 nitrogen and oxygen atoms in total. The maximum absolute atomic E-state index is 12.2. The first kappa shape index (κ1) is 18.6. The summed E-state index contributed by atoms with van der Waals surface area (Å²) in [5.41, 5.74) is 1.17. The summed E-state index contributed by atoms with van der Waals surface area (Å²) >= 11 is 0. The number of carbonyl (C=O) groups excluding carboxylic acids is 1. The minimum atomic E-state index is -0.577. The number of nitrogens with zero attached hydrogens (tertiary/aromatic N) is 1. The van der Waals surface area contributed by atoms with Gasteiger partial charge in [-0.1, -0.05) is 49.4 Å². The smallest absolute Gasteiger partial charge is 0.269 e.